The molecule has 26 heteroatoms. The standard InChI is InChI=1S/C54H66ClN11O12S2/c1-29(67)45-54(77)65-44(52(75)61-40(47(59)70)24-33-12-20-37(78-2)21-13-33)28-80-79-27-43(64-48(71)38(57)23-30-8-16-35(55)17-9-30)53(76)63-42(26-32-10-18-36(68)19-11-32)51(74)62-41(25-31-6-14-34(15-7-31)46(58)69)50(73)60-39(49(72)66-45)5-3-4-22-56/h6-21,26,29,38-41,43-45,67-68H,3-5,22-25,27-28,56-57H2,1-2H3,(H2,58,69)(H2,59,70)(H,60,73)(H,61,75)(H,62,74)(H,63,76)(H,64,71)(H,65,77)(H,66,72)/b42-26-/t29-,38+,39+,40?,41-,43-,44+,45+/m1/s1. The summed E-state index contributed by atoms with van der Waals surface area (Å²) in [6.45, 7) is 1.42. The number of aliphatic hydroxyl groups excluding tert-OH is 1. The van der Waals surface area contributed by atoms with Crippen LogP contribution in [-0.4, -0.2) is 137 Å². The van der Waals surface area contributed by atoms with Crippen LogP contribution in [0.4, 0.5) is 0 Å². The Morgan fingerprint density at radius 1 is 0.762 bits per heavy atom. The molecule has 1 aliphatic rings. The van der Waals surface area contributed by atoms with Gasteiger partial charge in [-0.2, -0.15) is 0 Å². The first-order chi connectivity index (χ1) is 38.1. The molecule has 0 saturated carbocycles. The number of nitrogens with one attached hydrogen (secondary N) is 7. The van der Waals surface area contributed by atoms with Crippen LogP contribution in [0.2, 0.25) is 5.02 Å². The fraction of sp³-hybridized carbons (Fsp3) is 0.352. The summed E-state index contributed by atoms with van der Waals surface area (Å²) < 4.78 is 5.22. The third kappa shape index (κ3) is 19.9. The topological polar surface area (TPSA) is 392 Å². The number of halogens is 1. The molecule has 23 nitrogen and oxygen atoms in total. The van der Waals surface area contributed by atoms with E-state index in [9.17, 15) is 53.4 Å². The Kier molecular flexibility index (Phi) is 24.6. The summed E-state index contributed by atoms with van der Waals surface area (Å²) in [5, 5.41) is 39.7. The summed E-state index contributed by atoms with van der Waals surface area (Å²) >= 11 is 6.07. The van der Waals surface area contributed by atoms with Gasteiger partial charge in [-0.1, -0.05) is 81.7 Å². The summed E-state index contributed by atoms with van der Waals surface area (Å²) in [5.74, 6) is -8.41. The summed E-state index contributed by atoms with van der Waals surface area (Å²) in [6.07, 6.45) is -0.0769. The van der Waals surface area contributed by atoms with E-state index in [2.05, 4.69) is 37.2 Å². The highest BCUT2D eigenvalue weighted by molar-refractivity contribution is 8.76. The average Bonchev–Trinajstić information content (AvgIpc) is 3.42. The number of unbranched alkanes of at least 4 members (excludes halogenated alkanes) is 1. The lowest BCUT2D eigenvalue weighted by Gasteiger charge is -2.28. The van der Waals surface area contributed by atoms with E-state index in [4.69, 9.17) is 39.3 Å². The molecule has 1 heterocycles. The number of amides is 9. The number of hydrogen-bond donors (Lipinski definition) is 13. The zero-order valence-corrected chi connectivity index (χ0v) is 46.2. The highest BCUT2D eigenvalue weighted by Gasteiger charge is 2.36. The molecule has 1 saturated heterocycles. The van der Waals surface area contributed by atoms with Crippen LogP contribution < -0.4 is 64.9 Å². The minimum absolute atomic E-state index is 0.0192. The lowest BCUT2D eigenvalue weighted by molar-refractivity contribution is -0.136. The number of ether oxygens (including phenoxy) is 1. The van der Waals surface area contributed by atoms with E-state index >= 15 is 0 Å². The number of carbonyl (C=O) groups excluding carboxylic acids is 9. The molecule has 0 aliphatic carbocycles. The second-order valence-corrected chi connectivity index (χ2v) is 21.6. The van der Waals surface area contributed by atoms with Crippen molar-refractivity contribution in [3.8, 4) is 11.5 Å². The van der Waals surface area contributed by atoms with Crippen LogP contribution in [0.3, 0.4) is 0 Å². The number of methoxy groups -OCH3 is 1. The van der Waals surface area contributed by atoms with Crippen molar-refractivity contribution in [2.24, 2.45) is 22.9 Å². The van der Waals surface area contributed by atoms with E-state index < -0.39 is 107 Å². The molecular weight excluding hydrogens is 1090 g/mol. The van der Waals surface area contributed by atoms with E-state index in [-0.39, 0.29) is 61.5 Å². The minimum atomic E-state index is -1.76. The van der Waals surface area contributed by atoms with E-state index in [0.717, 1.165) is 21.6 Å². The molecular formula is C54H66ClN11O12S2. The Balaban J connectivity index is 1.59. The number of phenolic OH excluding ortho intramolecular Hbond substituents is 1. The molecule has 1 fully saturated rings. The molecule has 0 aromatic heterocycles. The fourth-order valence-electron chi connectivity index (χ4n) is 7.89. The van der Waals surface area contributed by atoms with Crippen LogP contribution >= 0.6 is 33.2 Å². The van der Waals surface area contributed by atoms with Crippen LogP contribution in [-0.2, 0) is 57.6 Å². The van der Waals surface area contributed by atoms with Gasteiger partial charge in [0.05, 0.1) is 19.3 Å². The van der Waals surface area contributed by atoms with Gasteiger partial charge in [0.25, 0.3) is 5.91 Å². The lowest BCUT2D eigenvalue weighted by Crippen LogP contribution is -2.62. The van der Waals surface area contributed by atoms with Gasteiger partial charge < -0.3 is 75.1 Å². The largest absolute Gasteiger partial charge is 0.508 e. The SMILES string of the molecule is COc1ccc(CC(NC(=O)[C@@H]2CSSC[C@@H](NC(=O)[C@@H](N)Cc3ccc(Cl)cc3)C(=O)N/C(=C\c3ccc(O)cc3)C(=O)N[C@H](Cc3ccc(C(N)=O)cc3)C(=O)N[C@@H](CCCCN)C(=O)N[C@@H]([C@@H](C)O)C(=O)N2)C(N)=O)cc1. The van der Waals surface area contributed by atoms with E-state index in [1.54, 1.807) is 48.5 Å². The number of hydrogen-bond acceptors (Lipinski definition) is 16. The Bertz CT molecular complexity index is 2850. The van der Waals surface area contributed by atoms with Crippen LogP contribution in [0.1, 0.15) is 58.8 Å². The third-order valence-corrected chi connectivity index (χ3v) is 15.1. The number of rotatable bonds is 19. The van der Waals surface area contributed by atoms with Gasteiger partial charge in [-0.15, -0.1) is 0 Å². The summed E-state index contributed by atoms with van der Waals surface area (Å²) in [5.41, 5.74) is 25.0. The average molecular weight is 1160 g/mol. The molecule has 4 aromatic rings. The summed E-state index contributed by atoms with van der Waals surface area (Å²) in [7, 11) is 3.37. The highest BCUT2D eigenvalue weighted by atomic mass is 35.5. The van der Waals surface area contributed by atoms with Crippen LogP contribution in [0, 0.1) is 0 Å². The van der Waals surface area contributed by atoms with E-state index in [0.29, 0.717) is 39.4 Å². The summed E-state index contributed by atoms with van der Waals surface area (Å²) in [4.78, 5) is 125. The molecule has 9 amide bonds. The van der Waals surface area contributed by atoms with Gasteiger partial charge in [0, 0.05) is 34.9 Å². The van der Waals surface area contributed by atoms with Crippen LogP contribution in [0.5, 0.6) is 11.5 Å². The Hall–Kier alpha value is -7.68. The maximum Gasteiger partial charge on any atom is 0.268 e. The number of nitrogens with two attached hydrogens (primary N) is 4. The number of benzene rings is 4. The molecule has 428 valence electrons. The first kappa shape index (κ1) is 63.2. The van der Waals surface area contributed by atoms with Crippen molar-refractivity contribution in [2.75, 3.05) is 25.2 Å². The molecule has 17 N–H and O–H groups in total. The van der Waals surface area contributed by atoms with Crippen molar-refractivity contribution in [3.63, 3.8) is 0 Å². The second-order valence-electron chi connectivity index (χ2n) is 18.6. The first-order valence-electron chi connectivity index (χ1n) is 25.2. The van der Waals surface area contributed by atoms with Crippen molar-refractivity contribution in [1.82, 2.24) is 37.2 Å². The number of carbonyl (C=O) groups is 9. The number of aliphatic hydroxyl groups is 1. The molecule has 0 radical (unpaired) electrons. The van der Waals surface area contributed by atoms with Crippen molar-refractivity contribution in [3.05, 3.63) is 136 Å². The third-order valence-electron chi connectivity index (χ3n) is 12.4. The number of phenols is 1. The Labute approximate surface area is 474 Å². The Morgan fingerprint density at radius 3 is 1.99 bits per heavy atom. The molecule has 4 aromatic carbocycles. The van der Waals surface area contributed by atoms with Crippen LogP contribution in [0.25, 0.3) is 6.08 Å². The Morgan fingerprint density at radius 2 is 1.38 bits per heavy atom. The zero-order valence-electron chi connectivity index (χ0n) is 43.8. The molecule has 1 aliphatic heterocycles. The maximum atomic E-state index is 14.7. The predicted octanol–water partition coefficient (Wildman–Crippen LogP) is -0.0355. The van der Waals surface area contributed by atoms with Gasteiger partial charge in [0.15, 0.2) is 0 Å². The molecule has 1 unspecified atom stereocenters. The van der Waals surface area contributed by atoms with Gasteiger partial charge >= 0.3 is 0 Å². The van der Waals surface area contributed by atoms with E-state index in [1.165, 1.54) is 68.6 Å². The van der Waals surface area contributed by atoms with E-state index in [1.807, 2.05) is 0 Å². The minimum Gasteiger partial charge on any atom is -0.508 e. The van der Waals surface area contributed by atoms with Crippen molar-refractivity contribution < 1.29 is 58.1 Å². The van der Waals surface area contributed by atoms with Crippen LogP contribution in [0.15, 0.2) is 103 Å². The quantitative estimate of drug-likeness (QED) is 0.0333. The van der Waals surface area contributed by atoms with Crippen molar-refractivity contribution in [2.45, 2.75) is 93.8 Å². The zero-order chi connectivity index (χ0) is 58.5. The van der Waals surface area contributed by atoms with Gasteiger partial charge in [-0.25, -0.2) is 0 Å². The summed E-state index contributed by atoms with van der Waals surface area (Å²) in [6, 6.07) is 14.2. The maximum absolute atomic E-state index is 14.7. The molecule has 5 rings (SSSR count). The van der Waals surface area contributed by atoms with Gasteiger partial charge in [0.1, 0.15) is 53.4 Å². The van der Waals surface area contributed by atoms with Crippen molar-refractivity contribution >= 4 is 92.4 Å². The fourth-order valence-corrected chi connectivity index (χ4v) is 10.3. The van der Waals surface area contributed by atoms with Gasteiger partial charge in [-0.05, 0) is 116 Å². The molecule has 80 heavy (non-hydrogen) atoms. The first-order valence-corrected chi connectivity index (χ1v) is 28.1. The number of primary amides is 2. The molecule has 8 atom stereocenters. The smallest absolute Gasteiger partial charge is 0.268 e. The highest BCUT2D eigenvalue weighted by Crippen LogP contribution is 2.25. The van der Waals surface area contributed by atoms with Gasteiger partial charge in [-0.3, -0.25) is 43.2 Å². The normalized spacial score (nSPS) is 20.5. The van der Waals surface area contributed by atoms with Crippen molar-refractivity contribution in [1.29, 1.82) is 0 Å². The second kappa shape index (κ2) is 31.2. The van der Waals surface area contributed by atoms with Gasteiger partial charge in [0.2, 0.25) is 47.3 Å². The monoisotopic (exact) mass is 1160 g/mol. The lowest BCUT2D eigenvalue weighted by atomic mass is 10.0. The predicted molar refractivity (Wildman–Crippen MR) is 303 cm³/mol. The molecule has 0 bridgehead atoms. The number of aromatic hydroxyl groups is 1. The molecule has 0 spiro atoms.